The zero-order valence-electron chi connectivity index (χ0n) is 18.1. The summed E-state index contributed by atoms with van der Waals surface area (Å²) < 4.78 is 11.4. The topological polar surface area (TPSA) is 62.2 Å². The lowest BCUT2D eigenvalue weighted by molar-refractivity contribution is -0.132. The summed E-state index contributed by atoms with van der Waals surface area (Å²) in [4.78, 5) is 16.9. The molecule has 0 radical (unpaired) electrons. The minimum Gasteiger partial charge on any atom is -0.504 e. The zero-order valence-corrected chi connectivity index (χ0v) is 18.1. The second-order valence-corrected chi connectivity index (χ2v) is 8.29. The van der Waals surface area contributed by atoms with Crippen molar-refractivity contribution in [2.24, 2.45) is 5.92 Å². The normalized spacial score (nSPS) is 17.9. The van der Waals surface area contributed by atoms with Crippen LogP contribution in [0, 0.1) is 5.92 Å². The van der Waals surface area contributed by atoms with E-state index in [4.69, 9.17) is 9.47 Å². The molecular weight excluding hydrogens is 380 g/mol. The number of carbonyl (C=O) groups excluding carboxylic acids is 1. The lowest BCUT2D eigenvalue weighted by Crippen LogP contribution is -2.40. The third kappa shape index (κ3) is 6.21. The van der Waals surface area contributed by atoms with Crippen molar-refractivity contribution in [3.8, 4) is 11.5 Å². The fourth-order valence-electron chi connectivity index (χ4n) is 3.77. The summed E-state index contributed by atoms with van der Waals surface area (Å²) in [6.07, 6.45) is -0.0812. The Balaban J connectivity index is 1.72. The van der Waals surface area contributed by atoms with Crippen LogP contribution in [-0.2, 0) is 22.7 Å². The van der Waals surface area contributed by atoms with Gasteiger partial charge in [-0.05, 0) is 29.2 Å². The standard InChI is InChI=1S/C24H32N2O4/c1-18(2)12-26-15-21(30-17-19-7-5-4-6-8-19)14-25(16-24(26)28)13-20-9-10-23(29-3)22(27)11-20/h4-11,18,21,27H,12-17H2,1-3H3/t21-/m1/s1. The maximum absolute atomic E-state index is 12.9. The van der Waals surface area contributed by atoms with E-state index in [0.717, 1.165) is 17.7 Å². The molecule has 1 aliphatic rings. The Bertz CT molecular complexity index is 825. The Kier molecular flexibility index (Phi) is 7.71. The highest BCUT2D eigenvalue weighted by molar-refractivity contribution is 5.78. The van der Waals surface area contributed by atoms with E-state index >= 15 is 0 Å². The molecule has 0 spiro atoms. The summed E-state index contributed by atoms with van der Waals surface area (Å²) in [7, 11) is 1.53. The molecule has 2 aromatic rings. The molecule has 1 fully saturated rings. The van der Waals surface area contributed by atoms with Crippen LogP contribution in [0.2, 0.25) is 0 Å². The van der Waals surface area contributed by atoms with E-state index in [9.17, 15) is 9.90 Å². The Morgan fingerprint density at radius 1 is 1.10 bits per heavy atom. The van der Waals surface area contributed by atoms with E-state index < -0.39 is 0 Å². The molecule has 6 heteroatoms. The van der Waals surface area contributed by atoms with Crippen LogP contribution in [0.1, 0.15) is 25.0 Å². The summed E-state index contributed by atoms with van der Waals surface area (Å²) in [5.74, 6) is 1.06. The highest BCUT2D eigenvalue weighted by Crippen LogP contribution is 2.27. The Labute approximate surface area is 179 Å². The van der Waals surface area contributed by atoms with Crippen LogP contribution in [0.4, 0.5) is 0 Å². The number of hydrogen-bond donors (Lipinski definition) is 1. The molecule has 1 amide bonds. The summed E-state index contributed by atoms with van der Waals surface area (Å²) in [6, 6.07) is 15.4. The number of phenolic OH excluding ortho intramolecular Hbond substituents is 1. The van der Waals surface area contributed by atoms with E-state index in [2.05, 4.69) is 18.7 Å². The summed E-state index contributed by atoms with van der Waals surface area (Å²) >= 11 is 0. The minimum absolute atomic E-state index is 0.0812. The first-order valence-corrected chi connectivity index (χ1v) is 10.5. The van der Waals surface area contributed by atoms with Gasteiger partial charge in [-0.15, -0.1) is 0 Å². The molecule has 162 valence electrons. The zero-order chi connectivity index (χ0) is 21.5. The number of ether oxygens (including phenoxy) is 2. The highest BCUT2D eigenvalue weighted by Gasteiger charge is 2.29. The van der Waals surface area contributed by atoms with Gasteiger partial charge in [0.2, 0.25) is 5.91 Å². The molecule has 30 heavy (non-hydrogen) atoms. The lowest BCUT2D eigenvalue weighted by atomic mass is 10.1. The van der Waals surface area contributed by atoms with Crippen LogP contribution >= 0.6 is 0 Å². The van der Waals surface area contributed by atoms with Crippen molar-refractivity contribution in [3.63, 3.8) is 0 Å². The molecular formula is C24H32N2O4. The van der Waals surface area contributed by atoms with Gasteiger partial charge in [0.25, 0.3) is 0 Å². The van der Waals surface area contributed by atoms with Crippen LogP contribution in [0.15, 0.2) is 48.5 Å². The Morgan fingerprint density at radius 3 is 2.53 bits per heavy atom. The van der Waals surface area contributed by atoms with Crippen LogP contribution < -0.4 is 4.74 Å². The maximum Gasteiger partial charge on any atom is 0.236 e. The van der Waals surface area contributed by atoms with Crippen LogP contribution in [-0.4, -0.2) is 60.2 Å². The van der Waals surface area contributed by atoms with Gasteiger partial charge in [0, 0.05) is 26.2 Å². The minimum atomic E-state index is -0.0812. The van der Waals surface area contributed by atoms with Crippen molar-refractivity contribution in [1.29, 1.82) is 0 Å². The molecule has 1 heterocycles. The van der Waals surface area contributed by atoms with Gasteiger partial charge in [-0.25, -0.2) is 0 Å². The Hall–Kier alpha value is -2.57. The van der Waals surface area contributed by atoms with Crippen LogP contribution in [0.5, 0.6) is 11.5 Å². The molecule has 1 atom stereocenters. The largest absolute Gasteiger partial charge is 0.504 e. The number of benzene rings is 2. The first kappa shape index (κ1) is 22.1. The highest BCUT2D eigenvalue weighted by atomic mass is 16.5. The van der Waals surface area contributed by atoms with Gasteiger partial charge in [-0.3, -0.25) is 9.69 Å². The van der Waals surface area contributed by atoms with E-state index in [0.29, 0.717) is 44.5 Å². The lowest BCUT2D eigenvalue weighted by Gasteiger charge is -2.26. The van der Waals surface area contributed by atoms with Gasteiger partial charge in [0.1, 0.15) is 0 Å². The van der Waals surface area contributed by atoms with Crippen molar-refractivity contribution >= 4 is 5.91 Å². The van der Waals surface area contributed by atoms with Crippen LogP contribution in [0.3, 0.4) is 0 Å². The number of phenols is 1. The van der Waals surface area contributed by atoms with Crippen molar-refractivity contribution in [1.82, 2.24) is 9.80 Å². The monoisotopic (exact) mass is 412 g/mol. The molecule has 1 saturated heterocycles. The summed E-state index contributed by atoms with van der Waals surface area (Å²) in [5, 5.41) is 10.1. The average Bonchev–Trinajstić information content (AvgIpc) is 2.85. The van der Waals surface area contributed by atoms with E-state index in [-0.39, 0.29) is 17.8 Å². The van der Waals surface area contributed by atoms with Gasteiger partial charge in [0.05, 0.1) is 26.4 Å². The fraction of sp³-hybridized carbons (Fsp3) is 0.458. The second-order valence-electron chi connectivity index (χ2n) is 8.29. The molecule has 0 aromatic heterocycles. The molecule has 2 aromatic carbocycles. The molecule has 6 nitrogen and oxygen atoms in total. The molecule has 0 saturated carbocycles. The second kappa shape index (κ2) is 10.5. The molecule has 0 aliphatic carbocycles. The number of aromatic hydroxyl groups is 1. The predicted molar refractivity (Wildman–Crippen MR) is 116 cm³/mol. The molecule has 0 unspecified atom stereocenters. The van der Waals surface area contributed by atoms with Crippen molar-refractivity contribution in [3.05, 3.63) is 59.7 Å². The van der Waals surface area contributed by atoms with E-state index in [1.54, 1.807) is 12.1 Å². The molecule has 3 rings (SSSR count). The molecule has 1 aliphatic heterocycles. The fourth-order valence-corrected chi connectivity index (χ4v) is 3.77. The third-order valence-electron chi connectivity index (χ3n) is 5.16. The van der Waals surface area contributed by atoms with E-state index in [1.165, 1.54) is 7.11 Å². The molecule has 0 bridgehead atoms. The number of rotatable bonds is 8. The first-order chi connectivity index (χ1) is 14.4. The predicted octanol–water partition coefficient (Wildman–Crippen LogP) is 3.29. The Morgan fingerprint density at radius 2 is 1.87 bits per heavy atom. The summed E-state index contributed by atoms with van der Waals surface area (Å²) in [6.45, 7) is 7.63. The van der Waals surface area contributed by atoms with Crippen LogP contribution in [0.25, 0.3) is 0 Å². The number of methoxy groups -OCH3 is 1. The SMILES string of the molecule is COc1ccc(CN2CC(=O)N(CC(C)C)C[C@H](OCc3ccccc3)C2)cc1O. The van der Waals surface area contributed by atoms with Gasteiger partial charge in [-0.2, -0.15) is 0 Å². The maximum atomic E-state index is 12.9. The van der Waals surface area contributed by atoms with E-state index in [1.807, 2.05) is 41.3 Å². The number of hydrogen-bond acceptors (Lipinski definition) is 5. The number of carbonyl (C=O) groups is 1. The summed E-state index contributed by atoms with van der Waals surface area (Å²) in [5.41, 5.74) is 2.05. The van der Waals surface area contributed by atoms with Gasteiger partial charge < -0.3 is 19.5 Å². The number of nitrogens with zero attached hydrogens (tertiary/aromatic N) is 2. The first-order valence-electron chi connectivity index (χ1n) is 10.5. The van der Waals surface area contributed by atoms with Gasteiger partial charge in [0.15, 0.2) is 11.5 Å². The van der Waals surface area contributed by atoms with Crippen molar-refractivity contribution in [2.45, 2.75) is 33.1 Å². The third-order valence-corrected chi connectivity index (χ3v) is 5.16. The average molecular weight is 413 g/mol. The quantitative estimate of drug-likeness (QED) is 0.721. The van der Waals surface area contributed by atoms with Gasteiger partial charge in [-0.1, -0.05) is 50.2 Å². The van der Waals surface area contributed by atoms with Crippen molar-refractivity contribution < 1.29 is 19.4 Å². The van der Waals surface area contributed by atoms with Gasteiger partial charge >= 0.3 is 0 Å². The van der Waals surface area contributed by atoms with Crippen molar-refractivity contribution in [2.75, 3.05) is 33.3 Å². The molecule has 1 N–H and O–H groups in total. The number of amides is 1. The smallest absolute Gasteiger partial charge is 0.236 e.